The van der Waals surface area contributed by atoms with Crippen molar-refractivity contribution in [1.82, 2.24) is 4.90 Å². The molecule has 0 saturated carbocycles. The van der Waals surface area contributed by atoms with Gasteiger partial charge in [-0.15, -0.1) is 4.40 Å². The maximum atomic E-state index is 12.4. The van der Waals surface area contributed by atoms with E-state index in [0.29, 0.717) is 22.6 Å². The second-order valence-electron chi connectivity index (χ2n) is 6.11. The maximum absolute atomic E-state index is 12.4. The van der Waals surface area contributed by atoms with Gasteiger partial charge in [-0.3, -0.25) is 4.79 Å². The summed E-state index contributed by atoms with van der Waals surface area (Å²) in [6, 6.07) is 13.7. The molecule has 128 valence electrons. The average molecular weight is 355 g/mol. The number of nitrogens with one attached hydrogen (secondary N) is 1. The number of anilines is 1. The Morgan fingerprint density at radius 2 is 1.68 bits per heavy atom. The van der Waals surface area contributed by atoms with Crippen molar-refractivity contribution < 1.29 is 13.2 Å². The largest absolute Gasteiger partial charge is 0.339 e. The number of sulfonamides is 1. The predicted molar refractivity (Wildman–Crippen MR) is 95.4 cm³/mol. The molecule has 1 amide bonds. The van der Waals surface area contributed by atoms with Crippen LogP contribution in [0.2, 0.25) is 0 Å². The minimum Gasteiger partial charge on any atom is -0.339 e. The molecule has 2 aliphatic heterocycles. The van der Waals surface area contributed by atoms with Crippen LogP contribution in [0, 0.1) is 0 Å². The van der Waals surface area contributed by atoms with Crippen LogP contribution in [-0.2, 0) is 10.0 Å². The van der Waals surface area contributed by atoms with Gasteiger partial charge in [0.05, 0.1) is 0 Å². The highest BCUT2D eigenvalue weighted by Gasteiger charge is 2.28. The summed E-state index contributed by atoms with van der Waals surface area (Å²) in [6.45, 7) is 1.62. The summed E-state index contributed by atoms with van der Waals surface area (Å²) < 4.78 is 27.9. The van der Waals surface area contributed by atoms with Gasteiger partial charge in [-0.25, -0.2) is 0 Å². The Bertz CT molecular complexity index is 959. The Hall–Kier alpha value is -2.67. The minimum atomic E-state index is -3.64. The number of carbonyl (C=O) groups is 1. The summed E-state index contributed by atoms with van der Waals surface area (Å²) >= 11 is 0. The third-order valence-electron chi connectivity index (χ3n) is 4.42. The molecule has 0 aromatic heterocycles. The SMILES string of the molecule is O=C(c1ccc(NC2=NS(=O)(=O)c3ccccc32)cc1)N1CCCC1. The van der Waals surface area contributed by atoms with Crippen LogP contribution in [0.15, 0.2) is 57.8 Å². The van der Waals surface area contributed by atoms with E-state index in [0.717, 1.165) is 25.9 Å². The van der Waals surface area contributed by atoms with Gasteiger partial charge >= 0.3 is 0 Å². The number of amides is 1. The molecule has 4 rings (SSSR count). The second kappa shape index (κ2) is 6.00. The third kappa shape index (κ3) is 2.91. The number of rotatable bonds is 2. The Morgan fingerprint density at radius 1 is 1.00 bits per heavy atom. The van der Waals surface area contributed by atoms with E-state index in [2.05, 4.69) is 9.71 Å². The van der Waals surface area contributed by atoms with E-state index in [1.807, 2.05) is 4.90 Å². The van der Waals surface area contributed by atoms with Crippen molar-refractivity contribution in [2.45, 2.75) is 17.7 Å². The normalized spacial score (nSPS) is 17.9. The van der Waals surface area contributed by atoms with Crippen LogP contribution < -0.4 is 5.32 Å². The van der Waals surface area contributed by atoms with Crippen LogP contribution in [0.1, 0.15) is 28.8 Å². The standard InChI is InChI=1S/C18H17N3O3S/c22-18(21-11-3-4-12-21)13-7-9-14(10-8-13)19-17-15-5-1-2-6-16(15)25(23,24)20-17/h1-2,5-10H,3-4,11-12H2,(H,19,20). The Kier molecular flexibility index (Phi) is 3.80. The zero-order chi connectivity index (χ0) is 17.4. The quantitative estimate of drug-likeness (QED) is 0.898. The van der Waals surface area contributed by atoms with Crippen molar-refractivity contribution in [2.24, 2.45) is 4.40 Å². The van der Waals surface area contributed by atoms with Crippen LogP contribution in [0.3, 0.4) is 0 Å². The van der Waals surface area contributed by atoms with E-state index >= 15 is 0 Å². The molecule has 0 bridgehead atoms. The van der Waals surface area contributed by atoms with Gasteiger partial charge in [0.2, 0.25) is 0 Å². The van der Waals surface area contributed by atoms with Crippen molar-refractivity contribution >= 4 is 27.5 Å². The molecule has 25 heavy (non-hydrogen) atoms. The lowest BCUT2D eigenvalue weighted by Gasteiger charge is -2.15. The number of likely N-dealkylation sites (tertiary alicyclic amines) is 1. The van der Waals surface area contributed by atoms with Crippen LogP contribution in [0.4, 0.5) is 5.69 Å². The maximum Gasteiger partial charge on any atom is 0.285 e. The highest BCUT2D eigenvalue weighted by Crippen LogP contribution is 2.26. The van der Waals surface area contributed by atoms with Crippen LogP contribution >= 0.6 is 0 Å². The topological polar surface area (TPSA) is 78.8 Å². The zero-order valence-electron chi connectivity index (χ0n) is 13.5. The molecule has 2 aromatic carbocycles. The van der Waals surface area contributed by atoms with Gasteiger partial charge in [0, 0.05) is 29.9 Å². The molecule has 0 unspecified atom stereocenters. The fraction of sp³-hybridized carbons (Fsp3) is 0.222. The number of amidine groups is 1. The number of hydrogen-bond donors (Lipinski definition) is 1. The first-order valence-electron chi connectivity index (χ1n) is 8.15. The first kappa shape index (κ1) is 15.8. The van der Waals surface area contributed by atoms with Crippen molar-refractivity contribution in [1.29, 1.82) is 0 Å². The van der Waals surface area contributed by atoms with Gasteiger partial charge in [-0.05, 0) is 49.2 Å². The van der Waals surface area contributed by atoms with Gasteiger partial charge in [-0.1, -0.05) is 12.1 Å². The van der Waals surface area contributed by atoms with Crippen LogP contribution in [0.5, 0.6) is 0 Å². The van der Waals surface area contributed by atoms with E-state index in [-0.39, 0.29) is 10.8 Å². The molecule has 1 fully saturated rings. The smallest absolute Gasteiger partial charge is 0.285 e. The predicted octanol–water partition coefficient (Wildman–Crippen LogP) is 2.48. The number of carbonyl (C=O) groups excluding carboxylic acids is 1. The van der Waals surface area contributed by atoms with E-state index in [9.17, 15) is 13.2 Å². The minimum absolute atomic E-state index is 0.0372. The summed E-state index contributed by atoms with van der Waals surface area (Å²) in [5, 5.41) is 3.03. The number of benzene rings is 2. The Labute approximate surface area is 146 Å². The van der Waals surface area contributed by atoms with Gasteiger partial charge < -0.3 is 10.2 Å². The summed E-state index contributed by atoms with van der Waals surface area (Å²) in [5.74, 6) is 0.337. The molecule has 7 heteroatoms. The molecule has 6 nitrogen and oxygen atoms in total. The first-order chi connectivity index (χ1) is 12.0. The fourth-order valence-corrected chi connectivity index (χ4v) is 4.31. The summed E-state index contributed by atoms with van der Waals surface area (Å²) in [5.41, 5.74) is 1.87. The molecular weight excluding hydrogens is 338 g/mol. The summed E-state index contributed by atoms with van der Waals surface area (Å²) in [4.78, 5) is 14.4. The van der Waals surface area contributed by atoms with Gasteiger partial charge in [-0.2, -0.15) is 8.42 Å². The van der Waals surface area contributed by atoms with Gasteiger partial charge in [0.15, 0.2) is 5.84 Å². The lowest BCUT2D eigenvalue weighted by molar-refractivity contribution is 0.0793. The first-order valence-corrected chi connectivity index (χ1v) is 9.59. The molecule has 0 spiro atoms. The fourth-order valence-electron chi connectivity index (χ4n) is 3.13. The van der Waals surface area contributed by atoms with E-state index < -0.39 is 10.0 Å². The molecule has 1 N–H and O–H groups in total. The highest BCUT2D eigenvalue weighted by molar-refractivity contribution is 7.90. The van der Waals surface area contributed by atoms with Crippen LogP contribution in [-0.4, -0.2) is 38.2 Å². The van der Waals surface area contributed by atoms with E-state index in [1.165, 1.54) is 0 Å². The molecule has 2 aromatic rings. The number of fused-ring (bicyclic) bond motifs is 1. The van der Waals surface area contributed by atoms with Crippen molar-refractivity contribution in [2.75, 3.05) is 18.4 Å². The number of nitrogens with zero attached hydrogens (tertiary/aromatic N) is 2. The lowest BCUT2D eigenvalue weighted by Crippen LogP contribution is -2.27. The van der Waals surface area contributed by atoms with Gasteiger partial charge in [0.1, 0.15) is 4.90 Å². The van der Waals surface area contributed by atoms with Gasteiger partial charge in [0.25, 0.3) is 15.9 Å². The third-order valence-corrected chi connectivity index (χ3v) is 5.75. The van der Waals surface area contributed by atoms with Crippen molar-refractivity contribution in [3.63, 3.8) is 0 Å². The van der Waals surface area contributed by atoms with E-state index in [4.69, 9.17) is 0 Å². The molecule has 2 aliphatic rings. The zero-order valence-corrected chi connectivity index (χ0v) is 14.3. The second-order valence-corrected chi connectivity index (χ2v) is 7.69. The molecule has 2 heterocycles. The van der Waals surface area contributed by atoms with Crippen molar-refractivity contribution in [3.8, 4) is 0 Å². The van der Waals surface area contributed by atoms with Crippen LogP contribution in [0.25, 0.3) is 0 Å². The summed E-state index contributed by atoms with van der Waals surface area (Å²) in [7, 11) is -3.64. The molecule has 0 aliphatic carbocycles. The summed E-state index contributed by atoms with van der Waals surface area (Å²) in [6.07, 6.45) is 2.11. The van der Waals surface area contributed by atoms with E-state index in [1.54, 1.807) is 48.5 Å². The Morgan fingerprint density at radius 3 is 2.40 bits per heavy atom. The van der Waals surface area contributed by atoms with Crippen molar-refractivity contribution in [3.05, 3.63) is 59.7 Å². The monoisotopic (exact) mass is 355 g/mol. The average Bonchev–Trinajstić information content (AvgIpc) is 3.23. The molecule has 1 saturated heterocycles. The number of hydrogen-bond acceptors (Lipinski definition) is 4. The molecule has 0 radical (unpaired) electrons. The molecule has 0 atom stereocenters. The lowest BCUT2D eigenvalue weighted by atomic mass is 10.1. The molecular formula is C18H17N3O3S. The highest BCUT2D eigenvalue weighted by atomic mass is 32.2. The Balaban J connectivity index is 1.55.